The molecule has 2 aromatic carbocycles. The lowest BCUT2D eigenvalue weighted by Crippen LogP contribution is -2.00. The number of nitrogens with zero attached hydrogens (tertiary/aromatic N) is 2. The number of aryl methyl sites for hydroxylation is 1. The summed E-state index contributed by atoms with van der Waals surface area (Å²) in [6.45, 7) is 2.39. The summed E-state index contributed by atoms with van der Waals surface area (Å²) < 4.78 is 5.83. The van der Waals surface area contributed by atoms with Crippen LogP contribution in [0.5, 0.6) is 5.75 Å². The summed E-state index contributed by atoms with van der Waals surface area (Å²) in [5.41, 5.74) is 3.55. The van der Waals surface area contributed by atoms with Gasteiger partial charge in [-0.1, -0.05) is 30.3 Å². The highest BCUT2D eigenvalue weighted by Gasteiger charge is 2.06. The molecule has 0 unspecified atom stereocenters. The Labute approximate surface area is 123 Å². The summed E-state index contributed by atoms with van der Waals surface area (Å²) in [7, 11) is 0. The van der Waals surface area contributed by atoms with Gasteiger partial charge in [0.1, 0.15) is 18.4 Å². The summed E-state index contributed by atoms with van der Waals surface area (Å²) in [5.74, 6) is 0.610. The van der Waals surface area contributed by atoms with Crippen LogP contribution in [0.2, 0.25) is 0 Å². The van der Waals surface area contributed by atoms with Gasteiger partial charge in [-0.25, -0.2) is 0 Å². The number of hydrogen-bond acceptors (Lipinski definition) is 3. The van der Waals surface area contributed by atoms with E-state index < -0.39 is 0 Å². The van der Waals surface area contributed by atoms with Crippen LogP contribution in [0, 0.1) is 18.3 Å². The van der Waals surface area contributed by atoms with Crippen molar-refractivity contribution in [2.75, 3.05) is 0 Å². The standard InChI is InChI=1S/C18H14N2O/c1-13-10-15(16-7-3-4-8-17(16)20-13)12-21-18-9-5-2-6-14(18)11-19/h2-10H,12H2,1H3. The molecule has 0 bridgehead atoms. The van der Waals surface area contributed by atoms with E-state index in [4.69, 9.17) is 10.00 Å². The minimum absolute atomic E-state index is 0.419. The average Bonchev–Trinajstić information content (AvgIpc) is 2.52. The van der Waals surface area contributed by atoms with Crippen molar-refractivity contribution >= 4 is 10.9 Å². The highest BCUT2D eigenvalue weighted by molar-refractivity contribution is 5.82. The quantitative estimate of drug-likeness (QED) is 0.725. The van der Waals surface area contributed by atoms with Crippen molar-refractivity contribution in [3.05, 3.63) is 71.4 Å². The van der Waals surface area contributed by atoms with Gasteiger partial charge in [-0.2, -0.15) is 5.26 Å². The average molecular weight is 274 g/mol. The largest absolute Gasteiger partial charge is 0.487 e. The highest BCUT2D eigenvalue weighted by atomic mass is 16.5. The molecule has 0 N–H and O–H groups in total. The Balaban J connectivity index is 1.94. The van der Waals surface area contributed by atoms with Gasteiger partial charge >= 0.3 is 0 Å². The Morgan fingerprint density at radius 2 is 1.86 bits per heavy atom. The topological polar surface area (TPSA) is 45.9 Å². The van der Waals surface area contributed by atoms with E-state index in [1.54, 1.807) is 6.07 Å². The van der Waals surface area contributed by atoms with E-state index in [2.05, 4.69) is 11.1 Å². The molecule has 0 aliphatic rings. The van der Waals surface area contributed by atoms with Crippen LogP contribution >= 0.6 is 0 Å². The predicted molar refractivity (Wildman–Crippen MR) is 82.0 cm³/mol. The van der Waals surface area contributed by atoms with Gasteiger partial charge in [-0.15, -0.1) is 0 Å². The van der Waals surface area contributed by atoms with Crippen molar-refractivity contribution in [3.8, 4) is 11.8 Å². The van der Waals surface area contributed by atoms with Crippen LogP contribution in [-0.4, -0.2) is 4.98 Å². The number of rotatable bonds is 3. The number of nitriles is 1. The highest BCUT2D eigenvalue weighted by Crippen LogP contribution is 2.22. The number of pyridine rings is 1. The number of fused-ring (bicyclic) bond motifs is 1. The van der Waals surface area contributed by atoms with Crippen LogP contribution in [0.25, 0.3) is 10.9 Å². The van der Waals surface area contributed by atoms with Crippen molar-refractivity contribution in [1.82, 2.24) is 4.98 Å². The molecule has 0 aliphatic carbocycles. The molecule has 102 valence electrons. The molecule has 0 spiro atoms. The van der Waals surface area contributed by atoms with E-state index in [0.717, 1.165) is 22.2 Å². The first-order valence-electron chi connectivity index (χ1n) is 6.75. The summed E-state index contributed by atoms with van der Waals surface area (Å²) >= 11 is 0. The van der Waals surface area contributed by atoms with Gasteiger partial charge in [0.2, 0.25) is 0 Å². The minimum Gasteiger partial charge on any atom is -0.487 e. The second-order valence-electron chi connectivity index (χ2n) is 4.84. The van der Waals surface area contributed by atoms with Crippen molar-refractivity contribution in [2.24, 2.45) is 0 Å². The van der Waals surface area contributed by atoms with Crippen LogP contribution in [0.1, 0.15) is 16.8 Å². The molecule has 0 fully saturated rings. The minimum atomic E-state index is 0.419. The van der Waals surface area contributed by atoms with Crippen LogP contribution in [0.15, 0.2) is 54.6 Å². The molecule has 3 heteroatoms. The Hall–Kier alpha value is -2.86. The molecule has 3 nitrogen and oxygen atoms in total. The number of aromatic nitrogens is 1. The molecule has 0 atom stereocenters. The Bertz CT molecular complexity index is 834. The summed E-state index contributed by atoms with van der Waals surface area (Å²) in [5, 5.41) is 10.2. The maximum absolute atomic E-state index is 9.09. The maximum Gasteiger partial charge on any atom is 0.137 e. The van der Waals surface area contributed by atoms with Crippen molar-refractivity contribution in [1.29, 1.82) is 5.26 Å². The zero-order valence-electron chi connectivity index (χ0n) is 11.7. The fourth-order valence-electron chi connectivity index (χ4n) is 2.35. The molecule has 0 amide bonds. The van der Waals surface area contributed by atoms with Gasteiger partial charge in [0.25, 0.3) is 0 Å². The Kier molecular flexibility index (Phi) is 3.53. The first-order valence-corrected chi connectivity index (χ1v) is 6.75. The zero-order chi connectivity index (χ0) is 14.7. The molecule has 0 saturated carbocycles. The third kappa shape index (κ3) is 2.70. The molecule has 1 aromatic heterocycles. The molecule has 0 radical (unpaired) electrons. The fourth-order valence-corrected chi connectivity index (χ4v) is 2.35. The van der Waals surface area contributed by atoms with E-state index >= 15 is 0 Å². The first kappa shape index (κ1) is 13.1. The van der Waals surface area contributed by atoms with E-state index in [1.807, 2.05) is 55.5 Å². The Morgan fingerprint density at radius 1 is 1.10 bits per heavy atom. The van der Waals surface area contributed by atoms with Crippen molar-refractivity contribution < 1.29 is 4.74 Å². The summed E-state index contributed by atoms with van der Waals surface area (Å²) in [6.07, 6.45) is 0. The number of hydrogen-bond donors (Lipinski definition) is 0. The lowest BCUT2D eigenvalue weighted by Gasteiger charge is -2.10. The monoisotopic (exact) mass is 274 g/mol. The van der Waals surface area contributed by atoms with Gasteiger partial charge in [0, 0.05) is 16.6 Å². The zero-order valence-corrected chi connectivity index (χ0v) is 11.7. The summed E-state index contributed by atoms with van der Waals surface area (Å²) in [6, 6.07) is 19.4. The van der Waals surface area contributed by atoms with Gasteiger partial charge < -0.3 is 4.74 Å². The van der Waals surface area contributed by atoms with Gasteiger partial charge in [0.15, 0.2) is 0 Å². The maximum atomic E-state index is 9.09. The second-order valence-corrected chi connectivity index (χ2v) is 4.84. The normalized spacial score (nSPS) is 10.3. The molecule has 3 aromatic rings. The third-order valence-corrected chi connectivity index (χ3v) is 3.32. The van der Waals surface area contributed by atoms with E-state index in [0.29, 0.717) is 17.9 Å². The second kappa shape index (κ2) is 5.64. The van der Waals surface area contributed by atoms with Crippen molar-refractivity contribution in [3.63, 3.8) is 0 Å². The Morgan fingerprint density at radius 3 is 2.71 bits per heavy atom. The molecular weight excluding hydrogens is 260 g/mol. The van der Waals surface area contributed by atoms with Crippen LogP contribution < -0.4 is 4.74 Å². The lowest BCUT2D eigenvalue weighted by molar-refractivity contribution is 0.306. The molecule has 0 saturated heterocycles. The lowest BCUT2D eigenvalue weighted by atomic mass is 10.1. The predicted octanol–water partition coefficient (Wildman–Crippen LogP) is 3.99. The van der Waals surface area contributed by atoms with Crippen LogP contribution in [-0.2, 0) is 6.61 Å². The van der Waals surface area contributed by atoms with E-state index in [-0.39, 0.29) is 0 Å². The number of para-hydroxylation sites is 2. The molecule has 0 aliphatic heterocycles. The molecule has 1 heterocycles. The van der Waals surface area contributed by atoms with Crippen LogP contribution in [0.4, 0.5) is 0 Å². The van der Waals surface area contributed by atoms with Crippen LogP contribution in [0.3, 0.4) is 0 Å². The number of ether oxygens (including phenoxy) is 1. The number of benzene rings is 2. The van der Waals surface area contributed by atoms with Crippen molar-refractivity contribution in [2.45, 2.75) is 13.5 Å². The molecule has 3 rings (SSSR count). The molecular formula is C18H14N2O. The van der Waals surface area contributed by atoms with E-state index in [9.17, 15) is 0 Å². The van der Waals surface area contributed by atoms with E-state index in [1.165, 1.54) is 0 Å². The smallest absolute Gasteiger partial charge is 0.137 e. The van der Waals surface area contributed by atoms with Gasteiger partial charge in [-0.3, -0.25) is 4.98 Å². The fraction of sp³-hybridized carbons (Fsp3) is 0.111. The summed E-state index contributed by atoms with van der Waals surface area (Å²) in [4.78, 5) is 4.52. The SMILES string of the molecule is Cc1cc(COc2ccccc2C#N)c2ccccc2n1. The first-order chi connectivity index (χ1) is 10.3. The molecule has 21 heavy (non-hydrogen) atoms. The van der Waals surface area contributed by atoms with Gasteiger partial charge in [0.05, 0.1) is 11.1 Å². The third-order valence-electron chi connectivity index (χ3n) is 3.32. The van der Waals surface area contributed by atoms with Gasteiger partial charge in [-0.05, 0) is 31.2 Å².